The van der Waals surface area contributed by atoms with Gasteiger partial charge < -0.3 is 14.1 Å². The van der Waals surface area contributed by atoms with Crippen molar-refractivity contribution in [3.8, 4) is 11.3 Å². The maximum absolute atomic E-state index is 11.3. The van der Waals surface area contributed by atoms with Crippen molar-refractivity contribution in [2.75, 3.05) is 44.2 Å². The average Bonchev–Trinajstić information content (AvgIpc) is 3.23. The lowest BCUT2D eigenvalue weighted by Crippen LogP contribution is -2.47. The van der Waals surface area contributed by atoms with E-state index >= 15 is 0 Å². The lowest BCUT2D eigenvalue weighted by molar-refractivity contribution is -0.143. The fourth-order valence-corrected chi connectivity index (χ4v) is 3.26. The maximum atomic E-state index is 11.3. The minimum atomic E-state index is -0.0798. The molecule has 146 valence electrons. The molecule has 0 unspecified atom stereocenters. The molecule has 0 aliphatic carbocycles. The summed E-state index contributed by atoms with van der Waals surface area (Å²) in [7, 11) is 0. The third kappa shape index (κ3) is 5.79. The number of carbonyl (C=O) groups excluding carboxylic acids is 1. The molecule has 1 saturated heterocycles. The predicted molar refractivity (Wildman–Crippen MR) is 103 cm³/mol. The zero-order valence-corrected chi connectivity index (χ0v) is 16.0. The molecule has 1 aliphatic heterocycles. The summed E-state index contributed by atoms with van der Waals surface area (Å²) in [5, 5.41) is 0. The zero-order valence-electron chi connectivity index (χ0n) is 16.0. The molecular weight excluding hydrogens is 344 g/mol. The van der Waals surface area contributed by atoms with Gasteiger partial charge in [0.1, 0.15) is 0 Å². The number of piperazine rings is 1. The number of aromatic nitrogens is 2. The Labute approximate surface area is 160 Å². The van der Waals surface area contributed by atoms with Crippen LogP contribution in [0.4, 0.5) is 5.95 Å². The molecule has 2 aromatic heterocycles. The summed E-state index contributed by atoms with van der Waals surface area (Å²) in [6.45, 7) is 7.27. The summed E-state index contributed by atoms with van der Waals surface area (Å²) in [6.07, 6.45) is 8.79. The van der Waals surface area contributed by atoms with Crippen molar-refractivity contribution in [3.05, 3.63) is 30.9 Å². The Morgan fingerprint density at radius 3 is 2.78 bits per heavy atom. The molecule has 3 rings (SSSR count). The van der Waals surface area contributed by atoms with Gasteiger partial charge in [0.25, 0.3) is 0 Å². The largest absolute Gasteiger partial charge is 0.472 e. The average molecular weight is 372 g/mol. The summed E-state index contributed by atoms with van der Waals surface area (Å²) in [5.41, 5.74) is 1.86. The van der Waals surface area contributed by atoms with Crippen LogP contribution in [0.3, 0.4) is 0 Å². The molecule has 0 radical (unpaired) electrons. The topological polar surface area (TPSA) is 71.7 Å². The number of hydrogen-bond donors (Lipinski definition) is 0. The summed E-state index contributed by atoms with van der Waals surface area (Å²) in [4.78, 5) is 25.1. The molecule has 1 aliphatic rings. The monoisotopic (exact) mass is 372 g/mol. The Morgan fingerprint density at radius 1 is 1.19 bits per heavy atom. The lowest BCUT2D eigenvalue weighted by Gasteiger charge is -2.34. The first-order valence-electron chi connectivity index (χ1n) is 9.75. The van der Waals surface area contributed by atoms with Gasteiger partial charge in [0.15, 0.2) is 0 Å². The number of ether oxygens (including phenoxy) is 1. The third-order valence-electron chi connectivity index (χ3n) is 4.78. The smallest absolute Gasteiger partial charge is 0.305 e. The van der Waals surface area contributed by atoms with Gasteiger partial charge in [-0.05, 0) is 38.4 Å². The molecule has 0 amide bonds. The number of esters is 1. The highest BCUT2D eigenvalue weighted by molar-refractivity contribution is 5.69. The normalized spacial score (nSPS) is 15.1. The van der Waals surface area contributed by atoms with E-state index in [0.717, 1.165) is 69.2 Å². The van der Waals surface area contributed by atoms with E-state index in [0.29, 0.717) is 13.0 Å². The van der Waals surface area contributed by atoms with Crippen molar-refractivity contribution in [3.63, 3.8) is 0 Å². The molecular formula is C20H28N4O3. The van der Waals surface area contributed by atoms with Crippen molar-refractivity contribution in [1.29, 1.82) is 0 Å². The van der Waals surface area contributed by atoms with Gasteiger partial charge in [0.2, 0.25) is 5.95 Å². The summed E-state index contributed by atoms with van der Waals surface area (Å²) >= 11 is 0. The lowest BCUT2D eigenvalue weighted by atomic mass is 10.2. The molecule has 27 heavy (non-hydrogen) atoms. The highest BCUT2D eigenvalue weighted by Crippen LogP contribution is 2.20. The third-order valence-corrected chi connectivity index (χ3v) is 4.78. The summed E-state index contributed by atoms with van der Waals surface area (Å²) in [5.74, 6) is 0.701. The Bertz CT molecular complexity index is 697. The Morgan fingerprint density at radius 2 is 2.04 bits per heavy atom. The number of unbranched alkanes of at least 4 members (excludes halogenated alkanes) is 2. The first-order valence-corrected chi connectivity index (χ1v) is 9.75. The highest BCUT2D eigenvalue weighted by Gasteiger charge is 2.19. The zero-order chi connectivity index (χ0) is 18.9. The minimum absolute atomic E-state index is 0.0798. The molecule has 7 heteroatoms. The van der Waals surface area contributed by atoms with Gasteiger partial charge in [-0.2, -0.15) is 0 Å². The van der Waals surface area contributed by atoms with Gasteiger partial charge in [-0.25, -0.2) is 9.97 Å². The Balaban J connectivity index is 1.38. The molecule has 2 aromatic rings. The van der Waals surface area contributed by atoms with Crippen LogP contribution in [0.15, 0.2) is 35.3 Å². The SMILES string of the molecule is CCOC(=O)CCCCCN1CCN(c2nccc(-c3ccoc3)n2)CC1. The van der Waals surface area contributed by atoms with Gasteiger partial charge in [0.05, 0.1) is 24.8 Å². The molecule has 0 N–H and O–H groups in total. The quantitative estimate of drug-likeness (QED) is 0.495. The van der Waals surface area contributed by atoms with E-state index in [2.05, 4.69) is 19.8 Å². The number of nitrogens with zero attached hydrogens (tertiary/aromatic N) is 4. The molecule has 1 fully saturated rings. The van der Waals surface area contributed by atoms with Gasteiger partial charge in [-0.1, -0.05) is 6.42 Å². The number of hydrogen-bond acceptors (Lipinski definition) is 7. The van der Waals surface area contributed by atoms with E-state index in [4.69, 9.17) is 9.15 Å². The van der Waals surface area contributed by atoms with Crippen LogP contribution in [0.5, 0.6) is 0 Å². The molecule has 0 saturated carbocycles. The Kier molecular flexibility index (Phi) is 7.21. The van der Waals surface area contributed by atoms with E-state index in [1.807, 2.05) is 19.1 Å². The summed E-state index contributed by atoms with van der Waals surface area (Å²) in [6, 6.07) is 3.81. The standard InChI is InChI=1S/C20H28N4O3/c1-2-27-19(25)6-4-3-5-10-23-11-13-24(14-12-23)20-21-9-7-18(22-20)17-8-15-26-16-17/h7-9,15-16H,2-6,10-14H2,1H3. The second-order valence-electron chi connectivity index (χ2n) is 6.70. The molecule has 3 heterocycles. The predicted octanol–water partition coefficient (Wildman–Crippen LogP) is 2.98. The van der Waals surface area contributed by atoms with E-state index in [1.54, 1.807) is 18.7 Å². The maximum Gasteiger partial charge on any atom is 0.305 e. The first-order chi connectivity index (χ1) is 13.3. The van der Waals surface area contributed by atoms with E-state index in [-0.39, 0.29) is 5.97 Å². The van der Waals surface area contributed by atoms with Crippen LogP contribution in [-0.4, -0.2) is 60.2 Å². The Hall–Kier alpha value is -2.41. The van der Waals surface area contributed by atoms with Gasteiger partial charge in [-0.15, -0.1) is 0 Å². The first kappa shape index (κ1) is 19.4. The molecule has 0 atom stereocenters. The van der Waals surface area contributed by atoms with Crippen molar-refractivity contribution in [2.45, 2.75) is 32.6 Å². The minimum Gasteiger partial charge on any atom is -0.472 e. The van der Waals surface area contributed by atoms with Crippen LogP contribution >= 0.6 is 0 Å². The number of rotatable bonds is 9. The van der Waals surface area contributed by atoms with Crippen LogP contribution < -0.4 is 4.90 Å². The highest BCUT2D eigenvalue weighted by atomic mass is 16.5. The van der Waals surface area contributed by atoms with Crippen LogP contribution in [0.25, 0.3) is 11.3 Å². The van der Waals surface area contributed by atoms with Crippen molar-refractivity contribution in [1.82, 2.24) is 14.9 Å². The van der Waals surface area contributed by atoms with Gasteiger partial charge >= 0.3 is 5.97 Å². The van der Waals surface area contributed by atoms with Gasteiger partial charge in [-0.3, -0.25) is 9.69 Å². The van der Waals surface area contributed by atoms with Crippen LogP contribution in [0, 0.1) is 0 Å². The molecule has 0 aromatic carbocycles. The van der Waals surface area contributed by atoms with Crippen molar-refractivity contribution >= 4 is 11.9 Å². The van der Waals surface area contributed by atoms with Gasteiger partial charge in [0, 0.05) is 44.4 Å². The number of carbonyl (C=O) groups is 1. The van der Waals surface area contributed by atoms with Crippen LogP contribution in [0.2, 0.25) is 0 Å². The van der Waals surface area contributed by atoms with E-state index < -0.39 is 0 Å². The molecule has 0 bridgehead atoms. The second kappa shape index (κ2) is 10.1. The van der Waals surface area contributed by atoms with E-state index in [1.165, 1.54) is 0 Å². The van der Waals surface area contributed by atoms with Crippen molar-refractivity contribution < 1.29 is 13.9 Å². The summed E-state index contributed by atoms with van der Waals surface area (Å²) < 4.78 is 10.1. The molecule has 7 nitrogen and oxygen atoms in total. The number of furan rings is 1. The van der Waals surface area contributed by atoms with Crippen LogP contribution in [-0.2, 0) is 9.53 Å². The number of anilines is 1. The van der Waals surface area contributed by atoms with E-state index in [9.17, 15) is 4.79 Å². The fraction of sp³-hybridized carbons (Fsp3) is 0.550. The second-order valence-corrected chi connectivity index (χ2v) is 6.70. The molecule has 0 spiro atoms. The van der Waals surface area contributed by atoms with Crippen LogP contribution in [0.1, 0.15) is 32.6 Å². The van der Waals surface area contributed by atoms with Crippen molar-refractivity contribution in [2.24, 2.45) is 0 Å². The fourth-order valence-electron chi connectivity index (χ4n) is 3.26.